The molecule has 0 aliphatic carbocycles. The summed E-state index contributed by atoms with van der Waals surface area (Å²) in [5.74, 6) is -1.44. The van der Waals surface area contributed by atoms with Gasteiger partial charge in [0.2, 0.25) is 5.91 Å². The molecular formula is C28H21Cl3N4O2S. The van der Waals surface area contributed by atoms with Crippen LogP contribution in [0.25, 0.3) is 0 Å². The molecule has 1 aliphatic heterocycles. The monoisotopic (exact) mass is 582 g/mol. The van der Waals surface area contributed by atoms with Crippen LogP contribution in [0.3, 0.4) is 0 Å². The molecule has 192 valence electrons. The van der Waals surface area contributed by atoms with E-state index in [9.17, 15) is 14.9 Å². The van der Waals surface area contributed by atoms with Crippen LogP contribution in [-0.4, -0.2) is 17.6 Å². The highest BCUT2D eigenvalue weighted by molar-refractivity contribution is 8.03. The molecule has 3 N–H and O–H groups in total. The van der Waals surface area contributed by atoms with Crippen LogP contribution in [0.5, 0.6) is 0 Å². The Morgan fingerprint density at radius 2 is 1.68 bits per heavy atom. The van der Waals surface area contributed by atoms with Crippen LogP contribution < -0.4 is 16.0 Å². The van der Waals surface area contributed by atoms with Gasteiger partial charge in [-0.2, -0.15) is 5.26 Å². The summed E-state index contributed by atoms with van der Waals surface area (Å²) in [4.78, 5) is 26.2. The lowest BCUT2D eigenvalue weighted by Gasteiger charge is -2.30. The van der Waals surface area contributed by atoms with Gasteiger partial charge in [0.1, 0.15) is 0 Å². The van der Waals surface area contributed by atoms with Crippen molar-refractivity contribution in [1.82, 2.24) is 5.32 Å². The lowest BCUT2D eigenvalue weighted by atomic mass is 9.82. The molecule has 1 heterocycles. The molecule has 0 fully saturated rings. The van der Waals surface area contributed by atoms with E-state index in [4.69, 9.17) is 34.8 Å². The second-order valence-corrected chi connectivity index (χ2v) is 10.5. The Morgan fingerprint density at radius 1 is 0.974 bits per heavy atom. The number of thioether (sulfide) groups is 1. The number of rotatable bonds is 7. The number of benzene rings is 3. The molecule has 38 heavy (non-hydrogen) atoms. The second kappa shape index (κ2) is 12.4. The number of dihydropyridines is 1. The third kappa shape index (κ3) is 6.35. The number of carbonyl (C=O) groups is 2. The highest BCUT2D eigenvalue weighted by atomic mass is 35.5. The van der Waals surface area contributed by atoms with Crippen LogP contribution in [0, 0.1) is 11.3 Å². The predicted molar refractivity (Wildman–Crippen MR) is 155 cm³/mol. The van der Waals surface area contributed by atoms with Crippen LogP contribution in [-0.2, 0) is 9.59 Å². The van der Waals surface area contributed by atoms with E-state index < -0.39 is 5.92 Å². The van der Waals surface area contributed by atoms with Gasteiger partial charge >= 0.3 is 0 Å². The third-order valence-corrected chi connectivity index (χ3v) is 7.60. The summed E-state index contributed by atoms with van der Waals surface area (Å²) in [5, 5.41) is 20.7. The zero-order valence-corrected chi connectivity index (χ0v) is 23.1. The Balaban J connectivity index is 1.64. The smallest absolute Gasteiger partial charge is 0.254 e. The van der Waals surface area contributed by atoms with Crippen molar-refractivity contribution >= 4 is 69.8 Å². The fraction of sp³-hybridized carbons (Fsp3) is 0.107. The Kier molecular flexibility index (Phi) is 9.03. The minimum atomic E-state index is -0.741. The van der Waals surface area contributed by atoms with Crippen molar-refractivity contribution in [3.63, 3.8) is 0 Å². The summed E-state index contributed by atoms with van der Waals surface area (Å²) in [5.41, 5.74) is 2.85. The standard InChI is InChI=1S/C28H21Cl3N4O2S/c1-16-25(27(37)34-18-7-3-2-4-8-18)26(19-9-5-6-10-21(19)30)20(14-32)28(33-16)38-15-24(36)35-23-12-11-17(29)13-22(23)31/h2-13,26,33H,15H2,1H3,(H,34,37)(H,35,36)/t26-/m1/s1. The van der Waals surface area contributed by atoms with E-state index in [0.717, 1.165) is 11.8 Å². The van der Waals surface area contributed by atoms with Gasteiger partial charge in [-0.25, -0.2) is 0 Å². The molecule has 0 radical (unpaired) electrons. The minimum absolute atomic E-state index is 0.0134. The molecule has 0 spiro atoms. The first-order valence-corrected chi connectivity index (χ1v) is 13.5. The third-order valence-electron chi connectivity index (χ3n) is 5.69. The Bertz CT molecular complexity index is 1500. The molecule has 10 heteroatoms. The largest absolute Gasteiger partial charge is 0.353 e. The molecule has 4 rings (SSSR count). The summed E-state index contributed by atoms with van der Waals surface area (Å²) in [7, 11) is 0. The van der Waals surface area contributed by atoms with E-state index in [2.05, 4.69) is 22.0 Å². The number of nitrogens with one attached hydrogen (secondary N) is 3. The average molecular weight is 584 g/mol. The maximum Gasteiger partial charge on any atom is 0.254 e. The number of anilines is 2. The topological polar surface area (TPSA) is 94.0 Å². The van der Waals surface area contributed by atoms with E-state index >= 15 is 0 Å². The van der Waals surface area contributed by atoms with Crippen LogP contribution in [0.4, 0.5) is 11.4 Å². The number of amides is 2. The van der Waals surface area contributed by atoms with Crippen molar-refractivity contribution in [3.05, 3.63) is 115 Å². The van der Waals surface area contributed by atoms with E-state index in [1.54, 1.807) is 55.5 Å². The lowest BCUT2D eigenvalue weighted by Crippen LogP contribution is -2.31. The molecule has 0 unspecified atom stereocenters. The van der Waals surface area contributed by atoms with Crippen molar-refractivity contribution < 1.29 is 9.59 Å². The number of para-hydroxylation sites is 1. The van der Waals surface area contributed by atoms with Gasteiger partial charge in [-0.3, -0.25) is 9.59 Å². The van der Waals surface area contributed by atoms with Crippen LogP contribution in [0.2, 0.25) is 15.1 Å². The summed E-state index contributed by atoms with van der Waals surface area (Å²) in [6.45, 7) is 1.76. The molecule has 0 saturated carbocycles. The fourth-order valence-electron chi connectivity index (χ4n) is 3.98. The average Bonchev–Trinajstić information content (AvgIpc) is 2.89. The summed E-state index contributed by atoms with van der Waals surface area (Å²) in [6.07, 6.45) is 0. The van der Waals surface area contributed by atoms with Crippen molar-refractivity contribution in [2.45, 2.75) is 12.8 Å². The van der Waals surface area contributed by atoms with Gasteiger partial charge in [-0.1, -0.05) is 83.0 Å². The van der Waals surface area contributed by atoms with Gasteiger partial charge in [0.15, 0.2) is 0 Å². The molecule has 3 aromatic carbocycles. The molecule has 6 nitrogen and oxygen atoms in total. The highest BCUT2D eigenvalue weighted by Crippen LogP contribution is 2.43. The molecule has 0 saturated heterocycles. The maximum atomic E-state index is 13.5. The minimum Gasteiger partial charge on any atom is -0.353 e. The Morgan fingerprint density at radius 3 is 2.37 bits per heavy atom. The second-order valence-electron chi connectivity index (χ2n) is 8.25. The van der Waals surface area contributed by atoms with Gasteiger partial charge in [-0.05, 0) is 48.9 Å². The molecule has 1 atom stereocenters. The Labute approximate surface area is 239 Å². The molecule has 2 amide bonds. The summed E-state index contributed by atoms with van der Waals surface area (Å²) in [6, 6.07) is 23.2. The lowest BCUT2D eigenvalue weighted by molar-refractivity contribution is -0.114. The quantitative estimate of drug-likeness (QED) is 0.270. The molecule has 0 aromatic heterocycles. The Hall–Kier alpha value is -3.41. The number of carbonyl (C=O) groups excluding carboxylic acids is 2. The van der Waals surface area contributed by atoms with Gasteiger partial charge < -0.3 is 16.0 Å². The van der Waals surface area contributed by atoms with Gasteiger partial charge in [0.25, 0.3) is 5.91 Å². The first-order chi connectivity index (χ1) is 18.3. The maximum absolute atomic E-state index is 13.5. The first kappa shape index (κ1) is 27.6. The van der Waals surface area contributed by atoms with Crippen molar-refractivity contribution in [2.24, 2.45) is 0 Å². The molecule has 3 aromatic rings. The molecular weight excluding hydrogens is 563 g/mol. The van der Waals surface area contributed by atoms with Gasteiger partial charge in [0, 0.05) is 27.0 Å². The van der Waals surface area contributed by atoms with Crippen molar-refractivity contribution in [3.8, 4) is 6.07 Å². The van der Waals surface area contributed by atoms with Crippen molar-refractivity contribution in [2.75, 3.05) is 16.4 Å². The summed E-state index contributed by atoms with van der Waals surface area (Å²) >= 11 is 19.8. The van der Waals surface area contributed by atoms with Crippen LogP contribution >= 0.6 is 46.6 Å². The van der Waals surface area contributed by atoms with Gasteiger partial charge in [-0.15, -0.1) is 0 Å². The fourth-order valence-corrected chi connectivity index (χ4v) is 5.57. The highest BCUT2D eigenvalue weighted by Gasteiger charge is 2.36. The predicted octanol–water partition coefficient (Wildman–Crippen LogP) is 7.35. The van der Waals surface area contributed by atoms with E-state index in [0.29, 0.717) is 48.3 Å². The molecule has 0 bridgehead atoms. The van der Waals surface area contributed by atoms with Crippen molar-refractivity contribution in [1.29, 1.82) is 5.26 Å². The summed E-state index contributed by atoms with van der Waals surface area (Å²) < 4.78 is 0. The molecule has 1 aliphatic rings. The normalized spacial score (nSPS) is 15.0. The van der Waals surface area contributed by atoms with Gasteiger partial charge in [0.05, 0.1) is 39.1 Å². The number of nitrogens with zero attached hydrogens (tertiary/aromatic N) is 1. The number of nitriles is 1. The van der Waals surface area contributed by atoms with Crippen LogP contribution in [0.1, 0.15) is 18.4 Å². The van der Waals surface area contributed by atoms with E-state index in [1.165, 1.54) is 6.07 Å². The SMILES string of the molecule is CC1=C(C(=O)Nc2ccccc2)[C@H](c2ccccc2Cl)C(C#N)=C(SCC(=O)Nc2ccc(Cl)cc2Cl)N1. The number of allylic oxidation sites excluding steroid dienone is 2. The zero-order chi connectivity index (χ0) is 27.2. The number of hydrogen-bond donors (Lipinski definition) is 3. The van der Waals surface area contributed by atoms with E-state index in [-0.39, 0.29) is 23.1 Å². The van der Waals surface area contributed by atoms with Crippen LogP contribution in [0.15, 0.2) is 94.7 Å². The number of halogens is 3. The number of hydrogen-bond acceptors (Lipinski definition) is 5. The zero-order valence-electron chi connectivity index (χ0n) is 20.0. The first-order valence-electron chi connectivity index (χ1n) is 11.4. The van der Waals surface area contributed by atoms with E-state index in [1.807, 2.05) is 18.2 Å².